The fourth-order valence-electron chi connectivity index (χ4n) is 2.38. The van der Waals surface area contributed by atoms with Crippen molar-refractivity contribution in [3.05, 3.63) is 94.0 Å². The molecule has 0 heterocycles. The van der Waals surface area contributed by atoms with Crippen molar-refractivity contribution in [2.24, 2.45) is 0 Å². The van der Waals surface area contributed by atoms with Gasteiger partial charge in [-0.2, -0.15) is 0 Å². The molecule has 0 radical (unpaired) electrons. The van der Waals surface area contributed by atoms with Crippen LogP contribution in [0.4, 0.5) is 5.69 Å². The molecule has 0 fully saturated rings. The molecule has 7 heteroatoms. The van der Waals surface area contributed by atoms with Crippen molar-refractivity contribution >= 4 is 17.4 Å². The Labute approximate surface area is 160 Å². The van der Waals surface area contributed by atoms with E-state index in [1.54, 1.807) is 30.3 Å². The number of carbonyl (C=O) groups is 2. The van der Waals surface area contributed by atoms with Gasteiger partial charge < -0.3 is 9.47 Å². The van der Waals surface area contributed by atoms with E-state index in [1.807, 2.05) is 0 Å². The Kier molecular flexibility index (Phi) is 5.45. The van der Waals surface area contributed by atoms with E-state index < -0.39 is 10.9 Å². The lowest BCUT2D eigenvalue weighted by atomic mass is 10.1. The number of ketones is 1. The fourth-order valence-corrected chi connectivity index (χ4v) is 2.38. The number of non-ortho nitro benzene ring substituents is 1. The van der Waals surface area contributed by atoms with Crippen molar-refractivity contribution in [3.63, 3.8) is 0 Å². The minimum Gasteiger partial charge on any atom is -0.457 e. The number of ether oxygens (including phenoxy) is 2. The average molecular weight is 377 g/mol. The second-order valence-corrected chi connectivity index (χ2v) is 5.85. The summed E-state index contributed by atoms with van der Waals surface area (Å²) in [5.41, 5.74) is 0.737. The summed E-state index contributed by atoms with van der Waals surface area (Å²) in [6.07, 6.45) is 0. The van der Waals surface area contributed by atoms with E-state index >= 15 is 0 Å². The van der Waals surface area contributed by atoms with Gasteiger partial charge >= 0.3 is 5.97 Å². The zero-order valence-electron chi connectivity index (χ0n) is 14.8. The second-order valence-electron chi connectivity index (χ2n) is 5.85. The molecule has 0 unspecified atom stereocenters. The van der Waals surface area contributed by atoms with Crippen LogP contribution in [0.1, 0.15) is 27.6 Å². The number of rotatable bonds is 6. The topological polar surface area (TPSA) is 95.7 Å². The maximum atomic E-state index is 12.3. The van der Waals surface area contributed by atoms with Crippen LogP contribution in [-0.4, -0.2) is 16.7 Å². The van der Waals surface area contributed by atoms with Gasteiger partial charge in [0.2, 0.25) is 0 Å². The zero-order chi connectivity index (χ0) is 20.1. The van der Waals surface area contributed by atoms with Gasteiger partial charge in [-0.15, -0.1) is 0 Å². The van der Waals surface area contributed by atoms with Crippen molar-refractivity contribution in [1.82, 2.24) is 0 Å². The molecule has 3 aromatic rings. The maximum Gasteiger partial charge on any atom is 0.343 e. The highest BCUT2D eigenvalue weighted by atomic mass is 16.6. The molecule has 3 rings (SSSR count). The van der Waals surface area contributed by atoms with Gasteiger partial charge in [-0.3, -0.25) is 14.9 Å². The van der Waals surface area contributed by atoms with Crippen LogP contribution >= 0.6 is 0 Å². The summed E-state index contributed by atoms with van der Waals surface area (Å²) < 4.78 is 10.9. The predicted octanol–water partition coefficient (Wildman–Crippen LogP) is 4.81. The number of Topliss-reactive ketones (excluding diaryl/α,β-unsaturated/α-hetero) is 1. The molecule has 0 atom stereocenters. The second kappa shape index (κ2) is 8.13. The first-order valence-corrected chi connectivity index (χ1v) is 8.28. The van der Waals surface area contributed by atoms with E-state index in [4.69, 9.17) is 9.47 Å². The van der Waals surface area contributed by atoms with Gasteiger partial charge in [0.15, 0.2) is 5.78 Å². The summed E-state index contributed by atoms with van der Waals surface area (Å²) >= 11 is 0. The molecule has 0 spiro atoms. The van der Waals surface area contributed by atoms with Crippen LogP contribution in [0.2, 0.25) is 0 Å². The average Bonchev–Trinajstić information content (AvgIpc) is 2.69. The Morgan fingerprint density at radius 2 is 1.43 bits per heavy atom. The Hall–Kier alpha value is -4.00. The van der Waals surface area contributed by atoms with Gasteiger partial charge in [-0.25, -0.2) is 4.79 Å². The van der Waals surface area contributed by atoms with Crippen molar-refractivity contribution < 1.29 is 24.0 Å². The van der Waals surface area contributed by atoms with Gasteiger partial charge in [-0.05, 0) is 55.5 Å². The highest BCUT2D eigenvalue weighted by Gasteiger charge is 2.11. The van der Waals surface area contributed by atoms with Crippen LogP contribution in [-0.2, 0) is 0 Å². The molecule has 7 nitrogen and oxygen atoms in total. The van der Waals surface area contributed by atoms with Crippen LogP contribution in [0.25, 0.3) is 0 Å². The minimum absolute atomic E-state index is 0.0284. The van der Waals surface area contributed by atoms with Gasteiger partial charge in [0, 0.05) is 17.7 Å². The van der Waals surface area contributed by atoms with Crippen LogP contribution < -0.4 is 9.47 Å². The first kappa shape index (κ1) is 18.8. The Bertz CT molecular complexity index is 1030. The zero-order valence-corrected chi connectivity index (χ0v) is 14.8. The number of nitro benzene ring substituents is 1. The van der Waals surface area contributed by atoms with Crippen molar-refractivity contribution in [1.29, 1.82) is 0 Å². The lowest BCUT2D eigenvalue weighted by Gasteiger charge is -2.08. The predicted molar refractivity (Wildman–Crippen MR) is 101 cm³/mol. The third-order valence-electron chi connectivity index (χ3n) is 3.82. The number of carbonyl (C=O) groups excluding carboxylic acids is 2. The van der Waals surface area contributed by atoms with E-state index in [1.165, 1.54) is 49.4 Å². The van der Waals surface area contributed by atoms with Crippen LogP contribution in [0.3, 0.4) is 0 Å². The van der Waals surface area contributed by atoms with Crippen LogP contribution in [0, 0.1) is 10.1 Å². The van der Waals surface area contributed by atoms with E-state index in [0.717, 1.165) is 0 Å². The Morgan fingerprint density at radius 3 is 2.00 bits per heavy atom. The molecule has 0 saturated heterocycles. The molecule has 3 aromatic carbocycles. The SMILES string of the molecule is CC(=O)c1cccc(OC(=O)c2ccc(Oc3ccc([N+](=O)[O-])cc3)cc2)c1. The van der Waals surface area contributed by atoms with E-state index in [9.17, 15) is 19.7 Å². The maximum absolute atomic E-state index is 12.3. The number of benzene rings is 3. The summed E-state index contributed by atoms with van der Waals surface area (Å²) in [5.74, 6) is 0.489. The lowest BCUT2D eigenvalue weighted by molar-refractivity contribution is -0.384. The molecule has 0 amide bonds. The lowest BCUT2D eigenvalue weighted by Crippen LogP contribution is -2.08. The van der Waals surface area contributed by atoms with Gasteiger partial charge in [0.1, 0.15) is 17.2 Å². The first-order valence-electron chi connectivity index (χ1n) is 8.28. The van der Waals surface area contributed by atoms with Gasteiger partial charge in [0.05, 0.1) is 10.5 Å². The first-order chi connectivity index (χ1) is 13.4. The number of hydrogen-bond donors (Lipinski definition) is 0. The van der Waals surface area contributed by atoms with Gasteiger partial charge in [-0.1, -0.05) is 12.1 Å². The molecular weight excluding hydrogens is 362 g/mol. The van der Waals surface area contributed by atoms with E-state index in [0.29, 0.717) is 22.6 Å². The number of hydrogen-bond acceptors (Lipinski definition) is 6. The van der Waals surface area contributed by atoms with Crippen molar-refractivity contribution in [3.8, 4) is 17.2 Å². The van der Waals surface area contributed by atoms with E-state index in [-0.39, 0.29) is 17.2 Å². The molecule has 0 bridgehead atoms. The van der Waals surface area contributed by atoms with Crippen LogP contribution in [0.5, 0.6) is 17.2 Å². The summed E-state index contributed by atoms with van der Waals surface area (Å²) in [7, 11) is 0. The molecule has 28 heavy (non-hydrogen) atoms. The number of nitrogens with zero attached hydrogens (tertiary/aromatic N) is 1. The fraction of sp³-hybridized carbons (Fsp3) is 0.0476. The largest absolute Gasteiger partial charge is 0.457 e. The van der Waals surface area contributed by atoms with Crippen LogP contribution in [0.15, 0.2) is 72.8 Å². The Morgan fingerprint density at radius 1 is 0.821 bits per heavy atom. The summed E-state index contributed by atoms with van der Waals surface area (Å²) in [4.78, 5) is 33.8. The molecule has 0 aromatic heterocycles. The molecule has 0 N–H and O–H groups in total. The molecule has 140 valence electrons. The number of esters is 1. The standard InChI is InChI=1S/C21H15NO6/c1-14(23)16-3-2-4-20(13-16)28-21(24)15-5-9-18(10-6-15)27-19-11-7-17(8-12-19)22(25)26/h2-13H,1H3. The molecule has 0 aliphatic carbocycles. The summed E-state index contributed by atoms with van der Waals surface area (Å²) in [6.45, 7) is 1.44. The number of nitro groups is 1. The third kappa shape index (κ3) is 4.59. The monoisotopic (exact) mass is 377 g/mol. The summed E-state index contributed by atoms with van der Waals surface area (Å²) in [5, 5.41) is 10.7. The minimum atomic E-state index is -0.567. The molecule has 0 aliphatic rings. The molecule has 0 saturated carbocycles. The highest BCUT2D eigenvalue weighted by molar-refractivity contribution is 5.95. The van der Waals surface area contributed by atoms with Crippen molar-refractivity contribution in [2.45, 2.75) is 6.92 Å². The molecular formula is C21H15NO6. The molecule has 0 aliphatic heterocycles. The van der Waals surface area contributed by atoms with E-state index in [2.05, 4.69) is 0 Å². The summed E-state index contributed by atoms with van der Waals surface area (Å²) in [6, 6.07) is 18.3. The Balaban J connectivity index is 1.66. The van der Waals surface area contributed by atoms with Gasteiger partial charge in [0.25, 0.3) is 5.69 Å². The smallest absolute Gasteiger partial charge is 0.343 e. The highest BCUT2D eigenvalue weighted by Crippen LogP contribution is 2.24. The van der Waals surface area contributed by atoms with Crippen molar-refractivity contribution in [2.75, 3.05) is 0 Å². The third-order valence-corrected chi connectivity index (χ3v) is 3.82. The normalized spacial score (nSPS) is 10.2. The quantitative estimate of drug-likeness (QED) is 0.201.